The molecule has 1 amide bonds. The molecule has 0 spiro atoms. The van der Waals surface area contributed by atoms with E-state index in [-0.39, 0.29) is 5.91 Å². The molecule has 0 atom stereocenters. The third kappa shape index (κ3) is 2.91. The van der Waals surface area contributed by atoms with Crippen LogP contribution in [0, 0.1) is 0 Å². The molecule has 1 aliphatic heterocycles. The molecule has 0 radical (unpaired) electrons. The van der Waals surface area contributed by atoms with Crippen LogP contribution in [0.2, 0.25) is 10.0 Å². The Morgan fingerprint density at radius 3 is 2.95 bits per heavy atom. The number of benzene rings is 2. The summed E-state index contributed by atoms with van der Waals surface area (Å²) >= 11 is 12.0. The fraction of sp³-hybridized carbons (Fsp3) is 0.133. The summed E-state index contributed by atoms with van der Waals surface area (Å²) in [6.07, 6.45) is 0. The summed E-state index contributed by atoms with van der Waals surface area (Å²) in [6, 6.07) is 10.3. The maximum Gasteiger partial charge on any atom is 0.259 e. The smallest absolute Gasteiger partial charge is 0.259 e. The first-order valence-electron chi connectivity index (χ1n) is 6.41. The van der Waals surface area contributed by atoms with Crippen LogP contribution in [0.25, 0.3) is 0 Å². The molecule has 0 aliphatic carbocycles. The highest BCUT2D eigenvalue weighted by Crippen LogP contribution is 2.32. The molecule has 4 nitrogen and oxygen atoms in total. The molecule has 6 heteroatoms. The lowest BCUT2D eigenvalue weighted by molar-refractivity contribution is 0.102. The van der Waals surface area contributed by atoms with Crippen molar-refractivity contribution in [1.82, 2.24) is 0 Å². The zero-order valence-corrected chi connectivity index (χ0v) is 12.5. The minimum absolute atomic E-state index is 0.292. The number of nitrogens with one attached hydrogen (secondary N) is 2. The van der Waals surface area contributed by atoms with E-state index < -0.39 is 0 Å². The summed E-state index contributed by atoms with van der Waals surface area (Å²) in [4.78, 5) is 12.4. The lowest BCUT2D eigenvalue weighted by Gasteiger charge is -2.21. The van der Waals surface area contributed by atoms with Crippen molar-refractivity contribution in [2.75, 3.05) is 23.8 Å². The van der Waals surface area contributed by atoms with E-state index in [1.54, 1.807) is 30.3 Å². The molecule has 0 saturated carbocycles. The number of anilines is 2. The molecule has 108 valence electrons. The van der Waals surface area contributed by atoms with Crippen molar-refractivity contribution in [2.45, 2.75) is 0 Å². The Kier molecular flexibility index (Phi) is 3.90. The van der Waals surface area contributed by atoms with Crippen LogP contribution in [-0.4, -0.2) is 19.1 Å². The van der Waals surface area contributed by atoms with E-state index in [0.29, 0.717) is 33.7 Å². The third-order valence-electron chi connectivity index (χ3n) is 3.10. The summed E-state index contributed by atoms with van der Waals surface area (Å²) in [5.74, 6) is 0.263. The second-order valence-corrected chi connectivity index (χ2v) is 5.38. The van der Waals surface area contributed by atoms with Gasteiger partial charge in [0, 0.05) is 11.6 Å². The zero-order chi connectivity index (χ0) is 14.8. The maximum atomic E-state index is 12.4. The number of carbonyl (C=O) groups is 1. The molecule has 0 saturated heterocycles. The Balaban J connectivity index is 1.91. The molecular weight excluding hydrogens is 311 g/mol. The maximum absolute atomic E-state index is 12.4. The highest BCUT2D eigenvalue weighted by Gasteiger charge is 2.19. The molecule has 0 bridgehead atoms. The summed E-state index contributed by atoms with van der Waals surface area (Å²) in [5.41, 5.74) is 1.73. The second-order valence-electron chi connectivity index (χ2n) is 4.54. The van der Waals surface area contributed by atoms with Crippen LogP contribution in [0.1, 0.15) is 10.4 Å². The van der Waals surface area contributed by atoms with Crippen molar-refractivity contribution in [2.24, 2.45) is 0 Å². The van der Waals surface area contributed by atoms with Crippen molar-refractivity contribution >= 4 is 40.5 Å². The van der Waals surface area contributed by atoms with Gasteiger partial charge in [-0.3, -0.25) is 4.79 Å². The highest BCUT2D eigenvalue weighted by atomic mass is 35.5. The van der Waals surface area contributed by atoms with Crippen LogP contribution in [-0.2, 0) is 0 Å². The predicted octanol–water partition coefficient (Wildman–Crippen LogP) is 4.05. The fourth-order valence-corrected chi connectivity index (χ4v) is 2.47. The van der Waals surface area contributed by atoms with Gasteiger partial charge in [0.05, 0.1) is 22.0 Å². The van der Waals surface area contributed by atoms with Crippen LogP contribution < -0.4 is 15.4 Å². The number of halogens is 2. The number of fused-ring (bicyclic) bond motifs is 1. The largest absolute Gasteiger partial charge is 0.489 e. The third-order valence-corrected chi connectivity index (χ3v) is 3.66. The van der Waals surface area contributed by atoms with Gasteiger partial charge in [-0.2, -0.15) is 0 Å². The van der Waals surface area contributed by atoms with Gasteiger partial charge in [0.1, 0.15) is 6.61 Å². The van der Waals surface area contributed by atoms with Crippen LogP contribution in [0.4, 0.5) is 11.4 Å². The Morgan fingerprint density at radius 2 is 2.10 bits per heavy atom. The van der Waals surface area contributed by atoms with E-state index in [4.69, 9.17) is 27.9 Å². The van der Waals surface area contributed by atoms with Gasteiger partial charge < -0.3 is 15.4 Å². The zero-order valence-electron chi connectivity index (χ0n) is 11.0. The van der Waals surface area contributed by atoms with Crippen LogP contribution >= 0.6 is 23.2 Å². The highest BCUT2D eigenvalue weighted by molar-refractivity contribution is 6.36. The Hall–Kier alpha value is -1.91. The fourth-order valence-electron chi connectivity index (χ4n) is 2.13. The Bertz CT molecular complexity index is 704. The molecule has 21 heavy (non-hydrogen) atoms. The Labute approximate surface area is 132 Å². The molecule has 2 aromatic rings. The van der Waals surface area contributed by atoms with Crippen molar-refractivity contribution in [3.05, 3.63) is 52.0 Å². The molecule has 0 fully saturated rings. The number of para-hydroxylation sites is 1. The van der Waals surface area contributed by atoms with Gasteiger partial charge in [0.2, 0.25) is 0 Å². The van der Waals surface area contributed by atoms with Crippen molar-refractivity contribution in [1.29, 1.82) is 0 Å². The topological polar surface area (TPSA) is 50.4 Å². The summed E-state index contributed by atoms with van der Waals surface area (Å²) in [6.45, 7) is 1.24. The lowest BCUT2D eigenvalue weighted by atomic mass is 10.1. The minimum atomic E-state index is -0.292. The first kappa shape index (κ1) is 14.0. The average Bonchev–Trinajstić information content (AvgIpc) is 2.50. The first-order chi connectivity index (χ1) is 10.1. The van der Waals surface area contributed by atoms with E-state index in [0.717, 1.165) is 12.2 Å². The second kappa shape index (κ2) is 5.84. The standard InChI is InChI=1S/C15H12Cl2N2O2/c16-9-4-5-11(17)13(8-9)19-15(20)10-2-1-3-12-14(10)21-7-6-18-12/h1-5,8,18H,6-7H2,(H,19,20). The quantitative estimate of drug-likeness (QED) is 0.876. The number of ether oxygens (including phenoxy) is 1. The molecule has 1 aliphatic rings. The van der Waals surface area contributed by atoms with Gasteiger partial charge in [-0.25, -0.2) is 0 Å². The van der Waals surface area contributed by atoms with Gasteiger partial charge in [0.15, 0.2) is 5.75 Å². The van der Waals surface area contributed by atoms with Gasteiger partial charge >= 0.3 is 0 Å². The van der Waals surface area contributed by atoms with Crippen LogP contribution in [0.5, 0.6) is 5.75 Å². The van der Waals surface area contributed by atoms with E-state index >= 15 is 0 Å². The number of hydrogen-bond donors (Lipinski definition) is 2. The average molecular weight is 323 g/mol. The number of hydrogen-bond acceptors (Lipinski definition) is 3. The van der Waals surface area contributed by atoms with E-state index in [9.17, 15) is 4.79 Å². The molecule has 3 rings (SSSR count). The van der Waals surface area contributed by atoms with Gasteiger partial charge in [-0.15, -0.1) is 0 Å². The summed E-state index contributed by atoms with van der Waals surface area (Å²) < 4.78 is 5.59. The number of rotatable bonds is 2. The molecular formula is C15H12Cl2N2O2. The van der Waals surface area contributed by atoms with E-state index in [2.05, 4.69) is 10.6 Å². The molecule has 2 aromatic carbocycles. The minimum Gasteiger partial charge on any atom is -0.489 e. The monoisotopic (exact) mass is 322 g/mol. The van der Waals surface area contributed by atoms with E-state index in [1.807, 2.05) is 6.07 Å². The van der Waals surface area contributed by atoms with Crippen LogP contribution in [0.3, 0.4) is 0 Å². The van der Waals surface area contributed by atoms with Crippen molar-refractivity contribution < 1.29 is 9.53 Å². The van der Waals surface area contributed by atoms with Gasteiger partial charge in [0.25, 0.3) is 5.91 Å². The molecule has 1 heterocycles. The normalized spacial score (nSPS) is 12.9. The Morgan fingerprint density at radius 1 is 1.24 bits per heavy atom. The number of carbonyl (C=O) groups excluding carboxylic acids is 1. The molecule has 0 aromatic heterocycles. The van der Waals surface area contributed by atoms with Crippen molar-refractivity contribution in [3.63, 3.8) is 0 Å². The van der Waals surface area contributed by atoms with Crippen molar-refractivity contribution in [3.8, 4) is 5.75 Å². The van der Waals surface area contributed by atoms with Gasteiger partial charge in [-0.1, -0.05) is 29.3 Å². The van der Waals surface area contributed by atoms with Crippen LogP contribution in [0.15, 0.2) is 36.4 Å². The van der Waals surface area contributed by atoms with Gasteiger partial charge in [-0.05, 0) is 30.3 Å². The summed E-state index contributed by atoms with van der Waals surface area (Å²) in [5, 5.41) is 6.87. The predicted molar refractivity (Wildman–Crippen MR) is 84.8 cm³/mol. The molecule has 2 N–H and O–H groups in total. The van der Waals surface area contributed by atoms with E-state index in [1.165, 1.54) is 0 Å². The lowest BCUT2D eigenvalue weighted by Crippen LogP contribution is -2.22. The summed E-state index contributed by atoms with van der Waals surface area (Å²) in [7, 11) is 0. The SMILES string of the molecule is O=C(Nc1cc(Cl)ccc1Cl)c1cccc2c1OCCN2. The molecule has 0 unspecified atom stereocenters. The first-order valence-corrected chi connectivity index (χ1v) is 7.17. The number of amides is 1.